The molecule has 0 saturated heterocycles. The molecule has 0 atom stereocenters. The first-order chi connectivity index (χ1) is 13.5. The molecule has 28 heavy (non-hydrogen) atoms. The van der Waals surface area contributed by atoms with Gasteiger partial charge in [-0.15, -0.1) is 11.3 Å². The summed E-state index contributed by atoms with van der Waals surface area (Å²) in [5, 5.41) is 5.62. The molecule has 2 heterocycles. The normalized spacial score (nSPS) is 14.1. The van der Waals surface area contributed by atoms with Crippen LogP contribution in [0.2, 0.25) is 5.02 Å². The van der Waals surface area contributed by atoms with Crippen molar-refractivity contribution in [2.24, 2.45) is 0 Å². The number of nitrogens with zero attached hydrogens (tertiary/aromatic N) is 1. The van der Waals surface area contributed by atoms with Crippen molar-refractivity contribution in [1.82, 2.24) is 4.90 Å². The minimum atomic E-state index is -0.339. The predicted octanol–water partition coefficient (Wildman–Crippen LogP) is 5.10. The lowest BCUT2D eigenvalue weighted by atomic mass is 10.1. The molecule has 0 unspecified atom stereocenters. The Morgan fingerprint density at radius 3 is 2.46 bits per heavy atom. The van der Waals surface area contributed by atoms with Crippen LogP contribution >= 0.6 is 22.9 Å². The van der Waals surface area contributed by atoms with Crippen LogP contribution in [0.1, 0.15) is 16.0 Å². The van der Waals surface area contributed by atoms with Crippen molar-refractivity contribution in [2.75, 3.05) is 5.32 Å². The van der Waals surface area contributed by atoms with Crippen LogP contribution in [0.5, 0.6) is 0 Å². The number of thiophene rings is 1. The molecule has 4 rings (SSSR count). The Morgan fingerprint density at radius 2 is 1.79 bits per heavy atom. The number of carbonyl (C=O) groups is 2. The molecule has 4 nitrogen and oxygen atoms in total. The zero-order chi connectivity index (χ0) is 19.7. The van der Waals surface area contributed by atoms with Gasteiger partial charge in [0.2, 0.25) is 0 Å². The second kappa shape index (κ2) is 7.62. The van der Waals surface area contributed by atoms with E-state index in [1.165, 1.54) is 16.2 Å². The van der Waals surface area contributed by atoms with Gasteiger partial charge in [0.1, 0.15) is 5.70 Å². The van der Waals surface area contributed by atoms with Crippen molar-refractivity contribution in [1.29, 1.82) is 0 Å². The predicted molar refractivity (Wildman–Crippen MR) is 113 cm³/mol. The van der Waals surface area contributed by atoms with Crippen molar-refractivity contribution in [3.63, 3.8) is 0 Å². The highest BCUT2D eigenvalue weighted by atomic mass is 35.5. The number of amides is 2. The number of benzene rings is 2. The maximum Gasteiger partial charge on any atom is 0.278 e. The molecule has 1 aliphatic heterocycles. The lowest BCUT2D eigenvalue weighted by Gasteiger charge is -2.15. The van der Waals surface area contributed by atoms with Gasteiger partial charge in [0.15, 0.2) is 0 Å². The highest BCUT2D eigenvalue weighted by Gasteiger charge is 2.39. The Kier molecular flexibility index (Phi) is 5.03. The molecule has 6 heteroatoms. The van der Waals surface area contributed by atoms with Gasteiger partial charge >= 0.3 is 0 Å². The molecule has 0 spiro atoms. The standard InChI is InChI=1S/C22H17ClN2O2S/c1-14-9-10-16(12-17(14)23)24-20-19(18-8-5-11-28-18)21(26)25(22(20)27)13-15-6-3-2-4-7-15/h2-12,24H,13H2,1H3. The number of hydrogen-bond acceptors (Lipinski definition) is 4. The van der Waals surface area contributed by atoms with Crippen LogP contribution < -0.4 is 5.32 Å². The average Bonchev–Trinajstić information content (AvgIpc) is 3.29. The van der Waals surface area contributed by atoms with Crippen molar-refractivity contribution >= 4 is 46.0 Å². The fourth-order valence-electron chi connectivity index (χ4n) is 3.07. The second-order valence-corrected chi connectivity index (χ2v) is 7.85. The summed E-state index contributed by atoms with van der Waals surface area (Å²) in [5.41, 5.74) is 3.19. The molecule has 3 aromatic rings. The molecule has 0 saturated carbocycles. The first-order valence-electron chi connectivity index (χ1n) is 8.76. The summed E-state index contributed by atoms with van der Waals surface area (Å²) in [4.78, 5) is 28.3. The Labute approximate surface area is 172 Å². The molecule has 0 bridgehead atoms. The third-order valence-electron chi connectivity index (χ3n) is 4.56. The van der Waals surface area contributed by atoms with Gasteiger partial charge in [-0.2, -0.15) is 0 Å². The van der Waals surface area contributed by atoms with Crippen LogP contribution in [-0.4, -0.2) is 16.7 Å². The number of anilines is 1. The Bertz CT molecular complexity index is 1080. The largest absolute Gasteiger partial charge is 0.350 e. The summed E-state index contributed by atoms with van der Waals surface area (Å²) >= 11 is 7.65. The lowest BCUT2D eigenvalue weighted by molar-refractivity contribution is -0.137. The number of imide groups is 1. The van der Waals surface area contributed by atoms with Gasteiger partial charge in [0.25, 0.3) is 11.8 Å². The molecule has 1 N–H and O–H groups in total. The highest BCUT2D eigenvalue weighted by molar-refractivity contribution is 7.11. The molecular formula is C22H17ClN2O2S. The summed E-state index contributed by atoms with van der Waals surface area (Å²) in [6.45, 7) is 2.14. The van der Waals surface area contributed by atoms with E-state index in [1.807, 2.05) is 66.9 Å². The lowest BCUT2D eigenvalue weighted by Crippen LogP contribution is -2.31. The number of hydrogen-bond donors (Lipinski definition) is 1. The summed E-state index contributed by atoms with van der Waals surface area (Å²) < 4.78 is 0. The molecule has 0 aliphatic carbocycles. The first-order valence-corrected chi connectivity index (χ1v) is 10.0. The van der Waals surface area contributed by atoms with E-state index < -0.39 is 0 Å². The average molecular weight is 409 g/mol. The molecule has 140 valence electrons. The van der Waals surface area contributed by atoms with Crippen LogP contribution in [0.4, 0.5) is 5.69 Å². The van der Waals surface area contributed by atoms with Crippen LogP contribution in [0.25, 0.3) is 5.57 Å². The zero-order valence-electron chi connectivity index (χ0n) is 15.1. The molecule has 1 aromatic heterocycles. The van der Waals surface area contributed by atoms with Crippen molar-refractivity contribution < 1.29 is 9.59 Å². The molecule has 0 fully saturated rings. The van der Waals surface area contributed by atoms with E-state index in [4.69, 9.17) is 11.6 Å². The smallest absolute Gasteiger partial charge is 0.278 e. The number of carbonyl (C=O) groups excluding carboxylic acids is 2. The minimum absolute atomic E-state index is 0.229. The SMILES string of the molecule is Cc1ccc(NC2=C(c3cccs3)C(=O)N(Cc3ccccc3)C2=O)cc1Cl. The van der Waals surface area contributed by atoms with Crippen LogP contribution in [0.15, 0.2) is 71.7 Å². The molecular weight excluding hydrogens is 392 g/mol. The van der Waals surface area contributed by atoms with E-state index in [0.717, 1.165) is 16.0 Å². The summed E-state index contributed by atoms with van der Waals surface area (Å²) in [6.07, 6.45) is 0. The van der Waals surface area contributed by atoms with E-state index in [1.54, 1.807) is 6.07 Å². The Balaban J connectivity index is 1.72. The van der Waals surface area contributed by atoms with Crippen LogP contribution in [0.3, 0.4) is 0 Å². The van der Waals surface area contributed by atoms with E-state index in [-0.39, 0.29) is 24.1 Å². The van der Waals surface area contributed by atoms with Crippen LogP contribution in [-0.2, 0) is 16.1 Å². The van der Waals surface area contributed by atoms with Gasteiger partial charge in [-0.1, -0.05) is 54.1 Å². The Hall–Kier alpha value is -2.89. The van der Waals surface area contributed by atoms with Crippen LogP contribution in [0, 0.1) is 6.92 Å². The molecule has 0 radical (unpaired) electrons. The second-order valence-electron chi connectivity index (χ2n) is 6.50. The molecule has 1 aliphatic rings. The topological polar surface area (TPSA) is 49.4 Å². The molecule has 2 aromatic carbocycles. The maximum absolute atomic E-state index is 13.1. The number of nitrogens with one attached hydrogen (secondary N) is 1. The summed E-state index contributed by atoms with van der Waals surface area (Å²) in [5.74, 6) is -0.633. The van der Waals surface area contributed by atoms with E-state index in [9.17, 15) is 9.59 Å². The monoisotopic (exact) mass is 408 g/mol. The van der Waals surface area contributed by atoms with Gasteiger partial charge in [-0.25, -0.2) is 0 Å². The Morgan fingerprint density at radius 1 is 1.00 bits per heavy atom. The summed E-state index contributed by atoms with van der Waals surface area (Å²) in [6, 6.07) is 18.7. The van der Waals surface area contributed by atoms with E-state index in [0.29, 0.717) is 16.3 Å². The van der Waals surface area contributed by atoms with Gasteiger partial charge in [-0.05, 0) is 41.6 Å². The zero-order valence-corrected chi connectivity index (χ0v) is 16.7. The number of aryl methyl sites for hydroxylation is 1. The fraction of sp³-hybridized carbons (Fsp3) is 0.0909. The third-order valence-corrected chi connectivity index (χ3v) is 5.85. The van der Waals surface area contributed by atoms with Gasteiger partial charge in [0.05, 0.1) is 12.1 Å². The van der Waals surface area contributed by atoms with Gasteiger partial charge < -0.3 is 5.32 Å². The van der Waals surface area contributed by atoms with Crippen molar-refractivity contribution in [3.05, 3.63) is 92.8 Å². The van der Waals surface area contributed by atoms with E-state index in [2.05, 4.69) is 5.32 Å². The van der Waals surface area contributed by atoms with Gasteiger partial charge in [-0.3, -0.25) is 14.5 Å². The minimum Gasteiger partial charge on any atom is -0.350 e. The molecule has 2 amide bonds. The summed E-state index contributed by atoms with van der Waals surface area (Å²) in [7, 11) is 0. The van der Waals surface area contributed by atoms with Gasteiger partial charge in [0, 0.05) is 15.6 Å². The van der Waals surface area contributed by atoms with Crippen molar-refractivity contribution in [3.8, 4) is 0 Å². The number of rotatable bonds is 5. The number of halogens is 1. The quantitative estimate of drug-likeness (QED) is 0.597. The third kappa shape index (κ3) is 3.46. The van der Waals surface area contributed by atoms with Crippen molar-refractivity contribution in [2.45, 2.75) is 13.5 Å². The fourth-order valence-corrected chi connectivity index (χ4v) is 4.01. The maximum atomic E-state index is 13.1. The first kappa shape index (κ1) is 18.5. The highest BCUT2D eigenvalue weighted by Crippen LogP contribution is 2.34. The van der Waals surface area contributed by atoms with E-state index >= 15 is 0 Å².